The van der Waals surface area contributed by atoms with Crippen LogP contribution in [0.2, 0.25) is 0 Å². The van der Waals surface area contributed by atoms with Gasteiger partial charge < -0.3 is 0 Å². The van der Waals surface area contributed by atoms with E-state index in [0.717, 1.165) is 0 Å². The minimum Gasteiger partial charge on any atom is -0.298 e. The maximum atomic E-state index is 3.89. The zero-order chi connectivity index (χ0) is 10.3. The van der Waals surface area contributed by atoms with Crippen LogP contribution in [0.3, 0.4) is 0 Å². The van der Waals surface area contributed by atoms with Gasteiger partial charge in [0.25, 0.3) is 0 Å². The Bertz CT molecular complexity index is 209. The van der Waals surface area contributed by atoms with Gasteiger partial charge in [-0.1, -0.05) is 16.3 Å². The molecule has 0 rings (SSSR count). The van der Waals surface area contributed by atoms with Crippen LogP contribution in [-0.4, -0.2) is 43.6 Å². The summed E-state index contributed by atoms with van der Waals surface area (Å²) in [6.45, 7) is 4.81. The molecule has 0 aliphatic rings. The Labute approximate surface area is 80.6 Å². The van der Waals surface area contributed by atoms with Gasteiger partial charge in [-0.15, -0.1) is 0 Å². The topological polar surface area (TPSA) is 31.2 Å². The van der Waals surface area contributed by atoms with Gasteiger partial charge in [-0.3, -0.25) is 9.91 Å². The lowest BCUT2D eigenvalue weighted by molar-refractivity contribution is 0.270. The summed E-state index contributed by atoms with van der Waals surface area (Å²) < 4.78 is 0. The summed E-state index contributed by atoms with van der Waals surface area (Å²) in [4.78, 5) is 1.98. The van der Waals surface area contributed by atoms with Crippen molar-refractivity contribution in [3.63, 3.8) is 0 Å². The van der Waals surface area contributed by atoms with Crippen LogP contribution in [0, 0.1) is 12.0 Å². The molecule has 0 aromatic rings. The van der Waals surface area contributed by atoms with Gasteiger partial charge in [-0.2, -0.15) is 0 Å². The second kappa shape index (κ2) is 6.44. The number of hydrogen-bond donors (Lipinski definition) is 0. The summed E-state index contributed by atoms with van der Waals surface area (Å²) in [7, 11) is 5.81. The van der Waals surface area contributed by atoms with Crippen LogP contribution in [0.1, 0.15) is 13.8 Å². The van der Waals surface area contributed by atoms with Crippen LogP contribution >= 0.6 is 0 Å². The lowest BCUT2D eigenvalue weighted by atomic mass is 10.4. The Morgan fingerprint density at radius 2 is 1.85 bits per heavy atom. The predicted molar refractivity (Wildman–Crippen MR) is 54.1 cm³/mol. The van der Waals surface area contributed by atoms with Crippen molar-refractivity contribution in [1.29, 1.82) is 0 Å². The molecular formula is C9H18N4. The fourth-order valence-electron chi connectivity index (χ4n) is 0.425. The van der Waals surface area contributed by atoms with Gasteiger partial charge in [-0.05, 0) is 27.9 Å². The molecule has 0 bridgehead atoms. The highest BCUT2D eigenvalue weighted by atomic mass is 15.5. The largest absolute Gasteiger partial charge is 0.298 e. The molecule has 0 fully saturated rings. The van der Waals surface area contributed by atoms with Gasteiger partial charge >= 0.3 is 0 Å². The Morgan fingerprint density at radius 3 is 2.31 bits per heavy atom. The lowest BCUT2D eigenvalue weighted by Gasteiger charge is -2.13. The van der Waals surface area contributed by atoms with Crippen molar-refractivity contribution in [2.75, 3.05) is 27.7 Å². The van der Waals surface area contributed by atoms with E-state index < -0.39 is 0 Å². The molecule has 4 nitrogen and oxygen atoms in total. The number of rotatable bonds is 3. The average Bonchev–Trinajstić information content (AvgIpc) is 2.02. The molecule has 0 saturated heterocycles. The minimum absolute atomic E-state index is 0.361. The highest BCUT2D eigenvalue weighted by Gasteiger charge is 1.96. The molecule has 4 heteroatoms. The smallest absolute Gasteiger partial charge is 0.0616 e. The minimum atomic E-state index is 0.361. The molecule has 0 aromatic carbocycles. The first-order valence-corrected chi connectivity index (χ1v) is 4.30. The zero-order valence-electron chi connectivity index (χ0n) is 9.07. The van der Waals surface area contributed by atoms with E-state index in [0.29, 0.717) is 12.6 Å². The Kier molecular flexibility index (Phi) is 5.90. The summed E-state index contributed by atoms with van der Waals surface area (Å²) in [6, 6.07) is 2.99. The van der Waals surface area contributed by atoms with Crippen LogP contribution < -0.4 is 0 Å². The summed E-state index contributed by atoms with van der Waals surface area (Å²) in [5.41, 5.74) is 0. The normalized spacial score (nSPS) is 10.7. The molecule has 0 spiro atoms. The van der Waals surface area contributed by atoms with Crippen molar-refractivity contribution in [1.82, 2.24) is 9.91 Å². The monoisotopic (exact) mass is 182 g/mol. The molecule has 0 radical (unpaired) electrons. The Hall–Kier alpha value is -1.08. The van der Waals surface area contributed by atoms with E-state index in [2.05, 4.69) is 22.3 Å². The molecule has 0 N–H and O–H groups in total. The quantitative estimate of drug-likeness (QED) is 0.373. The van der Waals surface area contributed by atoms with E-state index in [1.54, 1.807) is 5.01 Å². The number of nitrogens with zero attached hydrogens (tertiary/aromatic N) is 4. The van der Waals surface area contributed by atoms with Crippen molar-refractivity contribution in [2.24, 2.45) is 10.3 Å². The van der Waals surface area contributed by atoms with E-state index in [-0.39, 0.29) is 0 Å². The van der Waals surface area contributed by atoms with E-state index in [1.807, 2.05) is 39.9 Å². The van der Waals surface area contributed by atoms with E-state index >= 15 is 0 Å². The third kappa shape index (κ3) is 7.29. The van der Waals surface area contributed by atoms with Crippen LogP contribution in [0.25, 0.3) is 0 Å². The third-order valence-corrected chi connectivity index (χ3v) is 1.46. The molecule has 0 aliphatic carbocycles. The Morgan fingerprint density at radius 1 is 1.23 bits per heavy atom. The fourth-order valence-corrected chi connectivity index (χ4v) is 0.425. The maximum Gasteiger partial charge on any atom is 0.0616 e. The van der Waals surface area contributed by atoms with Crippen LogP contribution in [-0.2, 0) is 0 Å². The Balaban J connectivity index is 3.77. The molecular weight excluding hydrogens is 164 g/mol. The molecule has 0 aliphatic heterocycles. The first kappa shape index (κ1) is 11.9. The van der Waals surface area contributed by atoms with Gasteiger partial charge in [0, 0.05) is 13.1 Å². The number of hydrogen-bond acceptors (Lipinski definition) is 3. The first-order chi connectivity index (χ1) is 6.04. The molecule has 0 unspecified atom stereocenters. The van der Waals surface area contributed by atoms with Crippen molar-refractivity contribution in [2.45, 2.75) is 19.9 Å². The second-order valence-electron chi connectivity index (χ2n) is 3.38. The van der Waals surface area contributed by atoms with E-state index in [4.69, 9.17) is 0 Å². The van der Waals surface area contributed by atoms with Gasteiger partial charge in [0.05, 0.1) is 12.6 Å². The second-order valence-corrected chi connectivity index (χ2v) is 3.38. The van der Waals surface area contributed by atoms with Crippen LogP contribution in [0.5, 0.6) is 0 Å². The molecule has 13 heavy (non-hydrogen) atoms. The average molecular weight is 182 g/mol. The fraction of sp³-hybridized carbons (Fsp3) is 0.778. The molecule has 0 aromatic heterocycles. The maximum absolute atomic E-state index is 3.89. The lowest BCUT2D eigenvalue weighted by Crippen LogP contribution is -2.19. The summed E-state index contributed by atoms with van der Waals surface area (Å²) in [5, 5.41) is 9.38. The molecule has 0 amide bonds. The van der Waals surface area contributed by atoms with Crippen molar-refractivity contribution >= 4 is 0 Å². The van der Waals surface area contributed by atoms with Gasteiger partial charge in [0.15, 0.2) is 0 Å². The predicted octanol–water partition coefficient (Wildman–Crippen LogP) is 1.22. The van der Waals surface area contributed by atoms with Gasteiger partial charge in [0.1, 0.15) is 0 Å². The van der Waals surface area contributed by atoms with Crippen LogP contribution in [0.15, 0.2) is 10.3 Å². The molecule has 74 valence electrons. The highest BCUT2D eigenvalue weighted by molar-refractivity contribution is 4.97. The molecule has 0 heterocycles. The van der Waals surface area contributed by atoms with Crippen LogP contribution in [0.4, 0.5) is 0 Å². The standard InChI is InChI=1S/C9H18N4/c1-9(2)13(5)11-10-7-6-8-12(3)4/h9H,8H2,1-5H3. The molecule has 0 atom stereocenters. The highest BCUT2D eigenvalue weighted by Crippen LogP contribution is 1.93. The summed E-state index contributed by atoms with van der Waals surface area (Å²) >= 11 is 0. The zero-order valence-corrected chi connectivity index (χ0v) is 9.07. The third-order valence-electron chi connectivity index (χ3n) is 1.46. The van der Waals surface area contributed by atoms with Crippen molar-refractivity contribution in [3.05, 3.63) is 0 Å². The summed E-state index contributed by atoms with van der Waals surface area (Å²) in [6.07, 6.45) is 0. The SMILES string of the molecule is CC(C)N(C)N=NC#CCN(C)C. The van der Waals surface area contributed by atoms with E-state index in [9.17, 15) is 0 Å². The van der Waals surface area contributed by atoms with Gasteiger partial charge in [-0.25, -0.2) is 0 Å². The van der Waals surface area contributed by atoms with Crippen molar-refractivity contribution < 1.29 is 0 Å². The molecule has 0 saturated carbocycles. The first-order valence-electron chi connectivity index (χ1n) is 4.30. The van der Waals surface area contributed by atoms with Crippen molar-refractivity contribution in [3.8, 4) is 12.0 Å². The van der Waals surface area contributed by atoms with Gasteiger partial charge in [0.2, 0.25) is 0 Å². The summed E-state index contributed by atoms with van der Waals surface area (Å²) in [5.74, 6) is 2.87. The van der Waals surface area contributed by atoms with E-state index in [1.165, 1.54) is 0 Å².